The maximum atomic E-state index is 11.9. The Hall–Kier alpha value is -1.81. The Morgan fingerprint density at radius 2 is 2.32 bits per heavy atom. The van der Waals surface area contributed by atoms with Gasteiger partial charge in [0.05, 0.1) is 12.5 Å². The number of nitrogens with two attached hydrogens (primary N) is 1. The summed E-state index contributed by atoms with van der Waals surface area (Å²) in [7, 11) is 0. The van der Waals surface area contributed by atoms with Gasteiger partial charge >= 0.3 is 0 Å². The van der Waals surface area contributed by atoms with Crippen LogP contribution in [0, 0.1) is 5.92 Å². The standard InChI is InChI=1S/C15H20N2O2/c1-2-19-14-5-3-4-11(8-14)10-17-15(18)12-6-7-13(16)9-12/h3-8,12-13H,2,9-10,16H2,1H3,(H,17,18). The first-order valence-corrected chi connectivity index (χ1v) is 6.62. The molecular weight excluding hydrogens is 240 g/mol. The molecule has 1 aromatic carbocycles. The van der Waals surface area contributed by atoms with Crippen LogP contribution < -0.4 is 15.8 Å². The van der Waals surface area contributed by atoms with E-state index in [0.29, 0.717) is 19.6 Å². The molecule has 0 bridgehead atoms. The van der Waals surface area contributed by atoms with Crippen molar-refractivity contribution in [3.05, 3.63) is 42.0 Å². The lowest BCUT2D eigenvalue weighted by atomic mass is 10.1. The molecule has 0 saturated heterocycles. The summed E-state index contributed by atoms with van der Waals surface area (Å²) in [4.78, 5) is 11.9. The highest BCUT2D eigenvalue weighted by molar-refractivity contribution is 5.81. The highest BCUT2D eigenvalue weighted by Crippen LogP contribution is 2.17. The molecule has 2 unspecified atom stereocenters. The maximum absolute atomic E-state index is 11.9. The Kier molecular flexibility index (Phi) is 4.58. The van der Waals surface area contributed by atoms with E-state index in [1.165, 1.54) is 0 Å². The number of carbonyl (C=O) groups excluding carboxylic acids is 1. The third-order valence-corrected chi connectivity index (χ3v) is 3.13. The van der Waals surface area contributed by atoms with E-state index in [2.05, 4.69) is 5.32 Å². The van der Waals surface area contributed by atoms with Gasteiger partial charge in [0.25, 0.3) is 0 Å². The predicted molar refractivity (Wildman–Crippen MR) is 74.7 cm³/mol. The van der Waals surface area contributed by atoms with Crippen LogP contribution >= 0.6 is 0 Å². The number of rotatable bonds is 5. The molecule has 102 valence electrons. The van der Waals surface area contributed by atoms with Gasteiger partial charge in [-0.05, 0) is 31.0 Å². The quantitative estimate of drug-likeness (QED) is 0.790. The molecular formula is C15H20N2O2. The molecule has 2 atom stereocenters. The Labute approximate surface area is 113 Å². The summed E-state index contributed by atoms with van der Waals surface area (Å²) in [6, 6.07) is 7.77. The molecule has 0 aromatic heterocycles. The molecule has 1 amide bonds. The van der Waals surface area contributed by atoms with Crippen molar-refractivity contribution < 1.29 is 9.53 Å². The molecule has 1 aliphatic carbocycles. The van der Waals surface area contributed by atoms with Gasteiger partial charge in [-0.15, -0.1) is 0 Å². The second-order valence-corrected chi connectivity index (χ2v) is 4.69. The minimum Gasteiger partial charge on any atom is -0.494 e. The second-order valence-electron chi connectivity index (χ2n) is 4.69. The zero-order valence-electron chi connectivity index (χ0n) is 11.1. The topological polar surface area (TPSA) is 64.3 Å². The molecule has 0 radical (unpaired) electrons. The molecule has 1 aromatic rings. The van der Waals surface area contributed by atoms with Gasteiger partial charge < -0.3 is 15.8 Å². The van der Waals surface area contributed by atoms with E-state index in [9.17, 15) is 4.79 Å². The van der Waals surface area contributed by atoms with E-state index >= 15 is 0 Å². The number of nitrogens with one attached hydrogen (secondary N) is 1. The van der Waals surface area contributed by atoms with E-state index in [1.54, 1.807) is 0 Å². The van der Waals surface area contributed by atoms with E-state index in [-0.39, 0.29) is 17.9 Å². The molecule has 0 aliphatic heterocycles. The van der Waals surface area contributed by atoms with Crippen LogP contribution in [0.3, 0.4) is 0 Å². The zero-order valence-corrected chi connectivity index (χ0v) is 11.1. The fourth-order valence-corrected chi connectivity index (χ4v) is 2.15. The molecule has 4 nitrogen and oxygen atoms in total. The third kappa shape index (κ3) is 3.83. The lowest BCUT2D eigenvalue weighted by Crippen LogP contribution is -2.30. The van der Waals surface area contributed by atoms with Gasteiger partial charge in [0.1, 0.15) is 5.75 Å². The first-order valence-electron chi connectivity index (χ1n) is 6.62. The maximum Gasteiger partial charge on any atom is 0.227 e. The Balaban J connectivity index is 1.86. The van der Waals surface area contributed by atoms with Gasteiger partial charge in [0, 0.05) is 12.6 Å². The lowest BCUT2D eigenvalue weighted by Gasteiger charge is -2.11. The van der Waals surface area contributed by atoms with Crippen LogP contribution in [0.4, 0.5) is 0 Å². The summed E-state index contributed by atoms with van der Waals surface area (Å²) in [5.41, 5.74) is 6.77. The predicted octanol–water partition coefficient (Wildman–Crippen LogP) is 1.60. The van der Waals surface area contributed by atoms with E-state index in [1.807, 2.05) is 43.3 Å². The molecule has 0 heterocycles. The SMILES string of the molecule is CCOc1cccc(CNC(=O)C2C=CC(N)C2)c1. The summed E-state index contributed by atoms with van der Waals surface area (Å²) in [5, 5.41) is 2.93. The number of ether oxygens (including phenoxy) is 1. The zero-order chi connectivity index (χ0) is 13.7. The highest BCUT2D eigenvalue weighted by atomic mass is 16.5. The average molecular weight is 260 g/mol. The lowest BCUT2D eigenvalue weighted by molar-refractivity contribution is -0.123. The molecule has 1 aliphatic rings. The summed E-state index contributed by atoms with van der Waals surface area (Å²) in [6.07, 6.45) is 4.47. The molecule has 4 heteroatoms. The summed E-state index contributed by atoms with van der Waals surface area (Å²) < 4.78 is 5.43. The van der Waals surface area contributed by atoms with Crippen molar-refractivity contribution in [2.24, 2.45) is 11.7 Å². The molecule has 19 heavy (non-hydrogen) atoms. The molecule has 0 spiro atoms. The van der Waals surface area contributed by atoms with Crippen LogP contribution in [-0.2, 0) is 11.3 Å². The van der Waals surface area contributed by atoms with Crippen molar-refractivity contribution in [3.63, 3.8) is 0 Å². The molecule has 0 saturated carbocycles. The van der Waals surface area contributed by atoms with Gasteiger partial charge in [-0.25, -0.2) is 0 Å². The van der Waals surface area contributed by atoms with E-state index in [4.69, 9.17) is 10.5 Å². The van der Waals surface area contributed by atoms with Gasteiger partial charge in [0.15, 0.2) is 0 Å². The average Bonchev–Trinajstić information content (AvgIpc) is 2.84. The minimum absolute atomic E-state index is 0.0111. The van der Waals surface area contributed by atoms with Crippen LogP contribution in [0.15, 0.2) is 36.4 Å². The number of carbonyl (C=O) groups is 1. The van der Waals surface area contributed by atoms with Crippen molar-refractivity contribution in [2.75, 3.05) is 6.61 Å². The fourth-order valence-electron chi connectivity index (χ4n) is 2.15. The Bertz CT molecular complexity index is 471. The van der Waals surface area contributed by atoms with Gasteiger partial charge in [-0.2, -0.15) is 0 Å². The fraction of sp³-hybridized carbons (Fsp3) is 0.400. The van der Waals surface area contributed by atoms with Crippen molar-refractivity contribution in [3.8, 4) is 5.75 Å². The van der Waals surface area contributed by atoms with E-state index in [0.717, 1.165) is 11.3 Å². The van der Waals surface area contributed by atoms with Gasteiger partial charge in [-0.3, -0.25) is 4.79 Å². The van der Waals surface area contributed by atoms with Crippen molar-refractivity contribution in [2.45, 2.75) is 25.9 Å². The second kappa shape index (κ2) is 6.38. The van der Waals surface area contributed by atoms with Crippen molar-refractivity contribution >= 4 is 5.91 Å². The normalized spacial score (nSPS) is 21.4. The van der Waals surface area contributed by atoms with Crippen molar-refractivity contribution in [1.29, 1.82) is 0 Å². The smallest absolute Gasteiger partial charge is 0.227 e. The highest BCUT2D eigenvalue weighted by Gasteiger charge is 2.22. The van der Waals surface area contributed by atoms with Crippen LogP contribution in [-0.4, -0.2) is 18.6 Å². The van der Waals surface area contributed by atoms with Gasteiger partial charge in [0.2, 0.25) is 5.91 Å². The van der Waals surface area contributed by atoms with Crippen LogP contribution in [0.2, 0.25) is 0 Å². The first-order chi connectivity index (χ1) is 9.19. The summed E-state index contributed by atoms with van der Waals surface area (Å²) >= 11 is 0. The van der Waals surface area contributed by atoms with Crippen LogP contribution in [0.25, 0.3) is 0 Å². The summed E-state index contributed by atoms with van der Waals surface area (Å²) in [6.45, 7) is 3.10. The van der Waals surface area contributed by atoms with Crippen LogP contribution in [0.1, 0.15) is 18.9 Å². The first kappa shape index (κ1) is 13.6. The summed E-state index contributed by atoms with van der Waals surface area (Å²) in [5.74, 6) is 0.771. The number of benzene rings is 1. The van der Waals surface area contributed by atoms with Gasteiger partial charge in [-0.1, -0.05) is 24.3 Å². The third-order valence-electron chi connectivity index (χ3n) is 3.13. The molecule has 0 fully saturated rings. The minimum atomic E-state index is -0.0925. The number of hydrogen-bond donors (Lipinski definition) is 2. The largest absolute Gasteiger partial charge is 0.494 e. The molecule has 3 N–H and O–H groups in total. The monoisotopic (exact) mass is 260 g/mol. The van der Waals surface area contributed by atoms with Crippen molar-refractivity contribution in [1.82, 2.24) is 5.32 Å². The number of amides is 1. The Morgan fingerprint density at radius 1 is 1.47 bits per heavy atom. The molecule has 2 rings (SSSR count). The van der Waals surface area contributed by atoms with E-state index < -0.39 is 0 Å². The number of hydrogen-bond acceptors (Lipinski definition) is 3. The Morgan fingerprint density at radius 3 is 3.00 bits per heavy atom. The van der Waals surface area contributed by atoms with Crippen LogP contribution in [0.5, 0.6) is 5.75 Å².